The van der Waals surface area contributed by atoms with Gasteiger partial charge in [-0.25, -0.2) is 9.67 Å². The van der Waals surface area contributed by atoms with Crippen LogP contribution < -0.4 is 10.1 Å². The molecule has 25 heavy (non-hydrogen) atoms. The molecule has 130 valence electrons. The topological polar surface area (TPSA) is 64.9 Å². The fourth-order valence-corrected chi connectivity index (χ4v) is 2.62. The summed E-state index contributed by atoms with van der Waals surface area (Å²) in [6, 6.07) is 12.2. The van der Waals surface area contributed by atoms with Gasteiger partial charge in [0.1, 0.15) is 17.4 Å². The van der Waals surface area contributed by atoms with E-state index in [4.69, 9.17) is 4.74 Å². The van der Waals surface area contributed by atoms with Gasteiger partial charge in [0.15, 0.2) is 0 Å². The van der Waals surface area contributed by atoms with Crippen molar-refractivity contribution in [1.29, 1.82) is 0 Å². The zero-order valence-electron chi connectivity index (χ0n) is 14.9. The molecule has 0 fully saturated rings. The Morgan fingerprint density at radius 3 is 2.72 bits per heavy atom. The molecule has 0 radical (unpaired) electrons. The predicted molar refractivity (Wildman–Crippen MR) is 97.8 cm³/mol. The van der Waals surface area contributed by atoms with Crippen LogP contribution in [0.25, 0.3) is 0 Å². The molecule has 0 atom stereocenters. The Kier molecular flexibility index (Phi) is 5.28. The summed E-state index contributed by atoms with van der Waals surface area (Å²) in [5.74, 6) is 2.52. The summed E-state index contributed by atoms with van der Waals surface area (Å²) in [7, 11) is 0. The molecule has 0 amide bonds. The third-order valence-electron chi connectivity index (χ3n) is 3.80. The van der Waals surface area contributed by atoms with Gasteiger partial charge in [0.25, 0.3) is 0 Å². The molecule has 3 aromatic rings. The minimum atomic E-state index is 0.650. The summed E-state index contributed by atoms with van der Waals surface area (Å²) in [6.45, 7) is 7.87. The van der Waals surface area contributed by atoms with Crippen LogP contribution in [0.3, 0.4) is 0 Å². The highest BCUT2D eigenvalue weighted by molar-refractivity contribution is 5.46. The van der Waals surface area contributed by atoms with Gasteiger partial charge in [-0.15, -0.1) is 0 Å². The summed E-state index contributed by atoms with van der Waals surface area (Å²) < 4.78 is 7.33. The standard InChI is InChI=1S/C19H23N5O/c1-4-25-19-9-8-18(21-12-19)11-20-17-7-5-6-16(10-17)13-24-15(3)22-14(2)23-24/h5-10,12,20H,4,11,13H2,1-3H3. The van der Waals surface area contributed by atoms with E-state index < -0.39 is 0 Å². The number of hydrogen-bond donors (Lipinski definition) is 1. The maximum absolute atomic E-state index is 5.41. The van der Waals surface area contributed by atoms with Gasteiger partial charge in [-0.2, -0.15) is 5.10 Å². The van der Waals surface area contributed by atoms with Gasteiger partial charge in [0.05, 0.1) is 31.6 Å². The number of rotatable bonds is 7. The molecule has 1 N–H and O–H groups in total. The van der Waals surface area contributed by atoms with E-state index >= 15 is 0 Å². The Bertz CT molecular complexity index is 826. The summed E-state index contributed by atoms with van der Waals surface area (Å²) in [5.41, 5.74) is 3.21. The number of aryl methyl sites for hydroxylation is 2. The molecule has 0 aliphatic rings. The summed E-state index contributed by atoms with van der Waals surface area (Å²) in [4.78, 5) is 8.75. The first kappa shape index (κ1) is 17.0. The van der Waals surface area contributed by atoms with Crippen LogP contribution in [0.4, 0.5) is 5.69 Å². The van der Waals surface area contributed by atoms with Gasteiger partial charge >= 0.3 is 0 Å². The van der Waals surface area contributed by atoms with Gasteiger partial charge in [-0.05, 0) is 50.6 Å². The van der Waals surface area contributed by atoms with E-state index in [2.05, 4.69) is 38.6 Å². The van der Waals surface area contributed by atoms with E-state index in [1.807, 2.05) is 43.7 Å². The maximum Gasteiger partial charge on any atom is 0.147 e. The molecule has 2 aromatic heterocycles. The Labute approximate surface area is 147 Å². The van der Waals surface area contributed by atoms with E-state index in [0.717, 1.165) is 28.8 Å². The van der Waals surface area contributed by atoms with Crippen molar-refractivity contribution in [1.82, 2.24) is 19.7 Å². The van der Waals surface area contributed by atoms with Crippen LogP contribution >= 0.6 is 0 Å². The molecule has 6 heteroatoms. The van der Waals surface area contributed by atoms with Gasteiger partial charge < -0.3 is 10.1 Å². The highest BCUT2D eigenvalue weighted by Gasteiger charge is 2.04. The van der Waals surface area contributed by atoms with Crippen molar-refractivity contribution in [2.24, 2.45) is 0 Å². The SMILES string of the molecule is CCOc1ccc(CNc2cccc(Cn3nc(C)nc3C)c2)nc1. The maximum atomic E-state index is 5.41. The van der Waals surface area contributed by atoms with Crippen LogP contribution in [0.1, 0.15) is 29.8 Å². The number of anilines is 1. The average Bonchev–Trinajstić information content (AvgIpc) is 2.92. The average molecular weight is 337 g/mol. The second-order valence-electron chi connectivity index (χ2n) is 5.84. The lowest BCUT2D eigenvalue weighted by Crippen LogP contribution is -2.06. The number of hydrogen-bond acceptors (Lipinski definition) is 5. The van der Waals surface area contributed by atoms with Crippen molar-refractivity contribution in [3.05, 3.63) is 65.5 Å². The zero-order valence-corrected chi connectivity index (χ0v) is 14.9. The third-order valence-corrected chi connectivity index (χ3v) is 3.80. The van der Waals surface area contributed by atoms with Gasteiger partial charge in [0.2, 0.25) is 0 Å². The van der Waals surface area contributed by atoms with E-state index in [0.29, 0.717) is 19.7 Å². The fraction of sp³-hybridized carbons (Fsp3) is 0.316. The molecule has 0 saturated carbocycles. The number of nitrogens with zero attached hydrogens (tertiary/aromatic N) is 4. The van der Waals surface area contributed by atoms with Crippen LogP contribution in [-0.2, 0) is 13.1 Å². The molecule has 0 saturated heterocycles. The van der Waals surface area contributed by atoms with Gasteiger partial charge in [-0.3, -0.25) is 4.98 Å². The molecule has 6 nitrogen and oxygen atoms in total. The molecule has 2 heterocycles. The number of benzene rings is 1. The predicted octanol–water partition coefficient (Wildman–Crippen LogP) is 3.35. The largest absolute Gasteiger partial charge is 0.492 e. The molecule has 0 aliphatic carbocycles. The smallest absolute Gasteiger partial charge is 0.147 e. The summed E-state index contributed by atoms with van der Waals surface area (Å²) in [6.07, 6.45) is 1.76. The summed E-state index contributed by atoms with van der Waals surface area (Å²) >= 11 is 0. The lowest BCUT2D eigenvalue weighted by atomic mass is 10.2. The quantitative estimate of drug-likeness (QED) is 0.716. The van der Waals surface area contributed by atoms with Crippen molar-refractivity contribution < 1.29 is 4.74 Å². The van der Waals surface area contributed by atoms with E-state index in [-0.39, 0.29) is 0 Å². The second-order valence-corrected chi connectivity index (χ2v) is 5.84. The number of ether oxygens (including phenoxy) is 1. The first-order chi connectivity index (χ1) is 12.1. The Morgan fingerprint density at radius 1 is 1.16 bits per heavy atom. The monoisotopic (exact) mass is 337 g/mol. The van der Waals surface area contributed by atoms with Crippen LogP contribution in [0.15, 0.2) is 42.6 Å². The fourth-order valence-electron chi connectivity index (χ4n) is 2.62. The van der Waals surface area contributed by atoms with Gasteiger partial charge in [-0.1, -0.05) is 12.1 Å². The normalized spacial score (nSPS) is 10.7. The molecule has 0 bridgehead atoms. The molecule has 0 spiro atoms. The second kappa shape index (κ2) is 7.79. The first-order valence-corrected chi connectivity index (χ1v) is 8.42. The molecular weight excluding hydrogens is 314 g/mol. The van der Waals surface area contributed by atoms with Crippen LogP contribution in [0, 0.1) is 13.8 Å². The Hall–Kier alpha value is -2.89. The molecular formula is C19H23N5O. The lowest BCUT2D eigenvalue weighted by molar-refractivity contribution is 0.338. The molecule has 1 aromatic carbocycles. The van der Waals surface area contributed by atoms with E-state index in [9.17, 15) is 0 Å². The highest BCUT2D eigenvalue weighted by Crippen LogP contribution is 2.14. The van der Waals surface area contributed by atoms with Gasteiger partial charge in [0, 0.05) is 5.69 Å². The molecule has 0 unspecified atom stereocenters. The van der Waals surface area contributed by atoms with Crippen molar-refractivity contribution >= 4 is 5.69 Å². The highest BCUT2D eigenvalue weighted by atomic mass is 16.5. The van der Waals surface area contributed by atoms with Crippen molar-refractivity contribution in [3.8, 4) is 5.75 Å². The van der Waals surface area contributed by atoms with Crippen LogP contribution in [0.5, 0.6) is 5.75 Å². The Morgan fingerprint density at radius 2 is 2.04 bits per heavy atom. The van der Waals surface area contributed by atoms with Crippen molar-refractivity contribution in [2.75, 3.05) is 11.9 Å². The molecule has 0 aliphatic heterocycles. The molecule has 3 rings (SSSR count). The van der Waals surface area contributed by atoms with Crippen molar-refractivity contribution in [3.63, 3.8) is 0 Å². The van der Waals surface area contributed by atoms with E-state index in [1.54, 1.807) is 6.20 Å². The van der Waals surface area contributed by atoms with E-state index in [1.165, 1.54) is 5.56 Å². The van der Waals surface area contributed by atoms with Crippen LogP contribution in [-0.4, -0.2) is 26.4 Å². The summed E-state index contributed by atoms with van der Waals surface area (Å²) in [5, 5.41) is 7.83. The van der Waals surface area contributed by atoms with Crippen LogP contribution in [0.2, 0.25) is 0 Å². The zero-order chi connectivity index (χ0) is 17.6. The minimum Gasteiger partial charge on any atom is -0.492 e. The Balaban J connectivity index is 1.62. The number of pyridine rings is 1. The number of nitrogens with one attached hydrogen (secondary N) is 1. The lowest BCUT2D eigenvalue weighted by Gasteiger charge is -2.09. The first-order valence-electron chi connectivity index (χ1n) is 8.42. The third kappa shape index (κ3) is 4.56. The minimum absolute atomic E-state index is 0.650. The van der Waals surface area contributed by atoms with Crippen molar-refractivity contribution in [2.45, 2.75) is 33.9 Å². The number of aromatic nitrogens is 4.